The summed E-state index contributed by atoms with van der Waals surface area (Å²) in [6, 6.07) is 0. The lowest BCUT2D eigenvalue weighted by atomic mass is 10.4. The number of unbranched alkanes of at least 4 members (excludes halogenated alkanes) is 1. The van der Waals surface area contributed by atoms with E-state index < -0.39 is 0 Å². The lowest BCUT2D eigenvalue weighted by Gasteiger charge is -1.79. The summed E-state index contributed by atoms with van der Waals surface area (Å²) in [6.07, 6.45) is 2.04. The van der Waals surface area contributed by atoms with Crippen LogP contribution in [0.5, 0.6) is 0 Å². The Kier molecular flexibility index (Phi) is 60.3. The summed E-state index contributed by atoms with van der Waals surface area (Å²) in [5, 5.41) is 22.6. The molecule has 0 aromatic heterocycles. The SMILES string of the molecule is CCCCO.CCO.CO. The van der Waals surface area contributed by atoms with Crippen LogP contribution in [0.3, 0.4) is 0 Å². The average Bonchev–Trinajstić information content (AvgIpc) is 1.96. The summed E-state index contributed by atoms with van der Waals surface area (Å²) in [7, 11) is 1.00. The maximum Gasteiger partial charge on any atom is 0.0430 e. The predicted molar refractivity (Wildman–Crippen MR) is 42.9 cm³/mol. The van der Waals surface area contributed by atoms with Gasteiger partial charge < -0.3 is 15.3 Å². The first kappa shape index (κ1) is 16.5. The van der Waals surface area contributed by atoms with Crippen LogP contribution in [0.2, 0.25) is 0 Å². The van der Waals surface area contributed by atoms with Crippen LogP contribution in [0.4, 0.5) is 0 Å². The smallest absolute Gasteiger partial charge is 0.0430 e. The van der Waals surface area contributed by atoms with E-state index >= 15 is 0 Å². The Morgan fingerprint density at radius 2 is 1.30 bits per heavy atom. The number of rotatable bonds is 2. The summed E-state index contributed by atoms with van der Waals surface area (Å²) in [5.41, 5.74) is 0. The van der Waals surface area contributed by atoms with Crippen LogP contribution in [-0.2, 0) is 0 Å². The minimum atomic E-state index is 0.250. The Morgan fingerprint density at radius 1 is 1.00 bits per heavy atom. The summed E-state index contributed by atoms with van der Waals surface area (Å²) >= 11 is 0. The monoisotopic (exact) mass is 152 g/mol. The minimum absolute atomic E-state index is 0.250. The molecule has 0 amide bonds. The molecule has 0 spiro atoms. The lowest BCUT2D eigenvalue weighted by Crippen LogP contribution is -1.75. The van der Waals surface area contributed by atoms with Gasteiger partial charge in [-0.3, -0.25) is 0 Å². The van der Waals surface area contributed by atoms with Crippen LogP contribution in [-0.4, -0.2) is 35.6 Å². The minimum Gasteiger partial charge on any atom is -0.400 e. The van der Waals surface area contributed by atoms with Crippen molar-refractivity contribution in [2.75, 3.05) is 20.3 Å². The molecule has 0 aliphatic rings. The van der Waals surface area contributed by atoms with Crippen molar-refractivity contribution in [3.8, 4) is 0 Å². The highest BCUT2D eigenvalue weighted by Gasteiger charge is 1.69. The second-order valence-corrected chi connectivity index (χ2v) is 1.39. The molecule has 3 N–H and O–H groups in total. The van der Waals surface area contributed by atoms with Crippen molar-refractivity contribution in [2.24, 2.45) is 0 Å². The van der Waals surface area contributed by atoms with Crippen LogP contribution in [0.25, 0.3) is 0 Å². The first-order valence-electron chi connectivity index (χ1n) is 3.49. The van der Waals surface area contributed by atoms with Crippen LogP contribution >= 0.6 is 0 Å². The Balaban J connectivity index is -0.0000000847. The molecule has 0 aromatic rings. The normalized spacial score (nSPS) is 6.60. The molecule has 0 heterocycles. The van der Waals surface area contributed by atoms with Gasteiger partial charge in [-0.25, -0.2) is 0 Å². The summed E-state index contributed by atoms with van der Waals surface area (Å²) < 4.78 is 0. The van der Waals surface area contributed by atoms with Gasteiger partial charge >= 0.3 is 0 Å². The molecule has 0 fully saturated rings. The molecule has 0 saturated heterocycles. The Labute approximate surface area is 63.3 Å². The van der Waals surface area contributed by atoms with Crippen molar-refractivity contribution in [1.82, 2.24) is 0 Å². The highest BCUT2D eigenvalue weighted by atomic mass is 16.3. The fraction of sp³-hybridized carbons (Fsp3) is 1.00. The molecule has 0 atom stereocenters. The Morgan fingerprint density at radius 3 is 1.30 bits per heavy atom. The van der Waals surface area contributed by atoms with E-state index in [1.807, 2.05) is 0 Å². The Bertz CT molecular complexity index is 22.8. The van der Waals surface area contributed by atoms with Gasteiger partial charge in [0.15, 0.2) is 0 Å². The van der Waals surface area contributed by atoms with E-state index in [1.165, 1.54) is 0 Å². The summed E-state index contributed by atoms with van der Waals surface area (Å²) in [6.45, 7) is 4.33. The molecule has 0 bridgehead atoms. The molecule has 0 aliphatic heterocycles. The zero-order valence-electron chi connectivity index (χ0n) is 7.17. The summed E-state index contributed by atoms with van der Waals surface area (Å²) in [5.74, 6) is 0. The van der Waals surface area contributed by atoms with Gasteiger partial charge in [-0.15, -0.1) is 0 Å². The number of aliphatic hydroxyl groups excluding tert-OH is 3. The van der Waals surface area contributed by atoms with Crippen LogP contribution in [0.15, 0.2) is 0 Å². The molecule has 0 rings (SSSR count). The molecular weight excluding hydrogens is 132 g/mol. The van der Waals surface area contributed by atoms with Crippen LogP contribution < -0.4 is 0 Å². The fourth-order valence-electron chi connectivity index (χ4n) is 0.158. The van der Waals surface area contributed by atoms with Gasteiger partial charge in [0, 0.05) is 20.3 Å². The van der Waals surface area contributed by atoms with E-state index in [0.717, 1.165) is 20.0 Å². The quantitative estimate of drug-likeness (QED) is 0.536. The maximum absolute atomic E-state index is 8.07. The zero-order chi connectivity index (χ0) is 8.83. The van der Waals surface area contributed by atoms with E-state index in [1.54, 1.807) is 6.92 Å². The lowest BCUT2D eigenvalue weighted by molar-refractivity contribution is 0.287. The summed E-state index contributed by atoms with van der Waals surface area (Å²) in [4.78, 5) is 0. The topological polar surface area (TPSA) is 60.7 Å². The van der Waals surface area contributed by atoms with Gasteiger partial charge in [0.05, 0.1) is 0 Å². The third kappa shape index (κ3) is 106. The molecule has 3 heteroatoms. The molecule has 0 saturated carbocycles. The molecule has 0 unspecified atom stereocenters. The average molecular weight is 152 g/mol. The van der Waals surface area contributed by atoms with Crippen molar-refractivity contribution in [2.45, 2.75) is 26.7 Å². The number of hydrogen-bond donors (Lipinski definition) is 3. The molecule has 10 heavy (non-hydrogen) atoms. The highest BCUT2D eigenvalue weighted by molar-refractivity contribution is 4.23. The van der Waals surface area contributed by atoms with Crippen molar-refractivity contribution >= 4 is 0 Å². The van der Waals surface area contributed by atoms with Crippen molar-refractivity contribution in [3.63, 3.8) is 0 Å². The van der Waals surface area contributed by atoms with E-state index in [9.17, 15) is 0 Å². The van der Waals surface area contributed by atoms with E-state index in [0.29, 0.717) is 6.61 Å². The van der Waals surface area contributed by atoms with Gasteiger partial charge in [0.25, 0.3) is 0 Å². The first-order chi connectivity index (χ1) is 4.83. The van der Waals surface area contributed by atoms with Crippen LogP contribution in [0.1, 0.15) is 26.7 Å². The largest absolute Gasteiger partial charge is 0.400 e. The molecule has 0 radical (unpaired) electrons. The van der Waals surface area contributed by atoms with E-state index in [2.05, 4.69) is 6.92 Å². The van der Waals surface area contributed by atoms with Crippen molar-refractivity contribution in [1.29, 1.82) is 0 Å². The van der Waals surface area contributed by atoms with Gasteiger partial charge in [-0.2, -0.15) is 0 Å². The zero-order valence-corrected chi connectivity index (χ0v) is 7.17. The Hall–Kier alpha value is -0.120. The van der Waals surface area contributed by atoms with Gasteiger partial charge in [0.2, 0.25) is 0 Å². The fourth-order valence-corrected chi connectivity index (χ4v) is 0.158. The molecular formula is C7H20O3. The van der Waals surface area contributed by atoms with Gasteiger partial charge in [-0.05, 0) is 13.3 Å². The standard InChI is InChI=1S/C4H10O.C2H6O.CH4O/c1-2-3-4-5;1-2-3;1-2/h5H,2-4H2,1H3;3H,2H2,1H3;2H,1H3. The van der Waals surface area contributed by atoms with Crippen molar-refractivity contribution < 1.29 is 15.3 Å². The van der Waals surface area contributed by atoms with Gasteiger partial charge in [-0.1, -0.05) is 13.3 Å². The van der Waals surface area contributed by atoms with E-state index in [-0.39, 0.29) is 6.61 Å². The van der Waals surface area contributed by atoms with Crippen molar-refractivity contribution in [3.05, 3.63) is 0 Å². The maximum atomic E-state index is 8.07. The molecule has 3 nitrogen and oxygen atoms in total. The van der Waals surface area contributed by atoms with E-state index in [4.69, 9.17) is 15.3 Å². The highest BCUT2D eigenvalue weighted by Crippen LogP contribution is 1.78. The molecule has 0 aliphatic carbocycles. The number of aliphatic hydroxyl groups is 3. The third-order valence-corrected chi connectivity index (χ3v) is 0.512. The van der Waals surface area contributed by atoms with Gasteiger partial charge in [0.1, 0.15) is 0 Å². The molecule has 66 valence electrons. The molecule has 0 aromatic carbocycles. The third-order valence-electron chi connectivity index (χ3n) is 0.512. The van der Waals surface area contributed by atoms with Crippen LogP contribution in [0, 0.1) is 0 Å². The predicted octanol–water partition coefficient (Wildman–Crippen LogP) is 0.386. The number of hydrogen-bond acceptors (Lipinski definition) is 3. The second kappa shape index (κ2) is 36.6. The first-order valence-corrected chi connectivity index (χ1v) is 3.49. The second-order valence-electron chi connectivity index (χ2n) is 1.39.